The molecular weight excluding hydrogens is 552 g/mol. The van der Waals surface area contributed by atoms with E-state index >= 15 is 0 Å². The predicted molar refractivity (Wildman–Crippen MR) is 165 cm³/mol. The lowest BCUT2D eigenvalue weighted by Gasteiger charge is -2.19. The van der Waals surface area contributed by atoms with Crippen LogP contribution in [0, 0.1) is 0 Å². The molecule has 1 atom stereocenters. The van der Waals surface area contributed by atoms with E-state index in [1.807, 2.05) is 61.5 Å². The lowest BCUT2D eigenvalue weighted by Crippen LogP contribution is -2.30. The zero-order valence-corrected chi connectivity index (χ0v) is 25.8. The van der Waals surface area contributed by atoms with Crippen LogP contribution >= 0.6 is 0 Å². The van der Waals surface area contributed by atoms with Gasteiger partial charge in [-0.3, -0.25) is 4.79 Å². The topological polar surface area (TPSA) is 98.8 Å². The molecule has 0 fully saturated rings. The Labute approximate surface area is 256 Å². The molecule has 0 aromatic heterocycles. The van der Waals surface area contributed by atoms with Crippen LogP contribution in [-0.2, 0) is 28.5 Å². The second kappa shape index (κ2) is 23.0. The minimum absolute atomic E-state index is 0.210. The molecule has 9 heteroatoms. The number of hydrogen-bond acceptors (Lipinski definition) is 9. The molecule has 2 aromatic carbocycles. The number of ether oxygens (including phenoxy) is 7. The number of esters is 2. The van der Waals surface area contributed by atoms with E-state index in [1.165, 1.54) is 0 Å². The maximum absolute atomic E-state index is 12.5. The van der Waals surface area contributed by atoms with Gasteiger partial charge in [-0.1, -0.05) is 37.6 Å². The van der Waals surface area contributed by atoms with Crippen molar-refractivity contribution in [3.05, 3.63) is 66.7 Å². The Balaban J connectivity index is 1.56. The lowest BCUT2D eigenvalue weighted by atomic mass is 10.1. The fourth-order valence-corrected chi connectivity index (χ4v) is 3.82. The third kappa shape index (κ3) is 17.9. The van der Waals surface area contributed by atoms with Gasteiger partial charge in [0.05, 0.1) is 26.4 Å². The first kappa shape index (κ1) is 35.6. The molecule has 0 aliphatic heterocycles. The summed E-state index contributed by atoms with van der Waals surface area (Å²) in [5.74, 6) is 1.67. The van der Waals surface area contributed by atoms with E-state index in [0.717, 1.165) is 43.6 Å². The summed E-state index contributed by atoms with van der Waals surface area (Å²) in [6, 6.07) is 16.9. The van der Waals surface area contributed by atoms with E-state index in [-0.39, 0.29) is 25.2 Å². The Hall–Kier alpha value is -3.56. The zero-order chi connectivity index (χ0) is 31.0. The summed E-state index contributed by atoms with van der Waals surface area (Å²) >= 11 is 0. The zero-order valence-electron chi connectivity index (χ0n) is 25.8. The quantitative estimate of drug-likeness (QED) is 0.0735. The molecule has 238 valence electrons. The Morgan fingerprint density at radius 2 is 1.30 bits per heavy atom. The first-order valence-electron chi connectivity index (χ1n) is 15.2. The smallest absolute Gasteiger partial charge is 0.333 e. The Morgan fingerprint density at radius 3 is 2.00 bits per heavy atom. The van der Waals surface area contributed by atoms with Crippen molar-refractivity contribution in [3.8, 4) is 17.2 Å². The SMILES string of the molecule is C=C(C)C(=O)OCCCCCCC(=O)OC(COCCCCOCCOc1ccc(OCC)cc1)COc1ccccc1. The first-order valence-corrected chi connectivity index (χ1v) is 15.2. The van der Waals surface area contributed by atoms with E-state index < -0.39 is 6.10 Å². The maximum atomic E-state index is 12.5. The highest BCUT2D eigenvalue weighted by Crippen LogP contribution is 2.17. The van der Waals surface area contributed by atoms with Gasteiger partial charge in [-0.2, -0.15) is 0 Å². The van der Waals surface area contributed by atoms with E-state index in [0.29, 0.717) is 63.8 Å². The second-order valence-electron chi connectivity index (χ2n) is 9.96. The average Bonchev–Trinajstić information content (AvgIpc) is 3.01. The number of para-hydroxylation sites is 1. The van der Waals surface area contributed by atoms with E-state index in [9.17, 15) is 9.59 Å². The molecule has 1 unspecified atom stereocenters. The first-order chi connectivity index (χ1) is 21.0. The highest BCUT2D eigenvalue weighted by molar-refractivity contribution is 5.86. The van der Waals surface area contributed by atoms with E-state index in [4.69, 9.17) is 33.2 Å². The fraction of sp³-hybridized carbons (Fsp3) is 0.529. The summed E-state index contributed by atoms with van der Waals surface area (Å²) in [6.07, 6.45) is 4.63. The highest BCUT2D eigenvalue weighted by Gasteiger charge is 2.16. The van der Waals surface area contributed by atoms with Crippen LogP contribution in [0.25, 0.3) is 0 Å². The fourth-order valence-electron chi connectivity index (χ4n) is 3.82. The van der Waals surface area contributed by atoms with E-state index in [2.05, 4.69) is 6.58 Å². The molecule has 0 radical (unpaired) electrons. The number of hydrogen-bond donors (Lipinski definition) is 0. The number of rotatable bonds is 25. The van der Waals surface area contributed by atoms with Crippen LogP contribution < -0.4 is 14.2 Å². The number of carbonyl (C=O) groups excluding carboxylic acids is 2. The van der Waals surface area contributed by atoms with E-state index in [1.54, 1.807) is 6.92 Å². The Morgan fingerprint density at radius 1 is 0.674 bits per heavy atom. The van der Waals surface area contributed by atoms with Gasteiger partial charge < -0.3 is 33.2 Å². The van der Waals surface area contributed by atoms with Gasteiger partial charge in [0.2, 0.25) is 0 Å². The Kier molecular flexibility index (Phi) is 19.0. The molecule has 0 N–H and O–H groups in total. The molecule has 0 bridgehead atoms. The van der Waals surface area contributed by atoms with Gasteiger partial charge in [0, 0.05) is 25.2 Å². The standard InChI is InChI=1S/C34H48O9/c1-4-39-30-17-19-31(20-18-30)40-25-24-37-21-12-13-22-38-26-32(27-42-29-14-8-7-9-15-29)43-33(35)16-10-5-6-11-23-41-34(36)28(2)3/h7-9,14-15,17-20,32H,2,4-6,10-13,16,21-27H2,1,3H3. The number of carbonyl (C=O) groups is 2. The average molecular weight is 601 g/mol. The third-order valence-corrected chi connectivity index (χ3v) is 6.10. The van der Waals surface area contributed by atoms with Crippen LogP contribution in [0.1, 0.15) is 58.8 Å². The maximum Gasteiger partial charge on any atom is 0.333 e. The minimum Gasteiger partial charge on any atom is -0.494 e. The van der Waals surface area contributed by atoms with Crippen molar-refractivity contribution < 1.29 is 42.7 Å². The van der Waals surface area contributed by atoms with Crippen molar-refractivity contribution in [2.45, 2.75) is 64.9 Å². The van der Waals surface area contributed by atoms with Gasteiger partial charge in [0.25, 0.3) is 0 Å². The molecule has 0 aliphatic carbocycles. The molecule has 0 heterocycles. The predicted octanol–water partition coefficient (Wildman–Crippen LogP) is 6.34. The molecule has 43 heavy (non-hydrogen) atoms. The minimum atomic E-state index is -0.509. The molecule has 0 spiro atoms. The van der Waals surface area contributed by atoms with Gasteiger partial charge in [0.1, 0.15) is 30.5 Å². The van der Waals surface area contributed by atoms with Crippen LogP contribution in [0.15, 0.2) is 66.7 Å². The summed E-state index contributed by atoms with van der Waals surface area (Å²) in [7, 11) is 0. The summed E-state index contributed by atoms with van der Waals surface area (Å²) in [5.41, 5.74) is 0.393. The largest absolute Gasteiger partial charge is 0.494 e. The molecule has 2 rings (SSSR count). The van der Waals surface area contributed by atoms with Gasteiger partial charge in [-0.05, 0) is 75.9 Å². The Bertz CT molecular complexity index is 1020. The van der Waals surface area contributed by atoms with Crippen LogP contribution in [0.5, 0.6) is 17.2 Å². The second-order valence-corrected chi connectivity index (χ2v) is 9.96. The summed E-state index contributed by atoms with van der Waals surface area (Å²) < 4.78 is 39.1. The molecule has 0 saturated carbocycles. The van der Waals surface area contributed by atoms with Crippen molar-refractivity contribution in [3.63, 3.8) is 0 Å². The van der Waals surface area contributed by atoms with Crippen LogP contribution in [-0.4, -0.2) is 70.9 Å². The van der Waals surface area contributed by atoms with Gasteiger partial charge in [-0.25, -0.2) is 4.79 Å². The van der Waals surface area contributed by atoms with Crippen molar-refractivity contribution in [2.24, 2.45) is 0 Å². The van der Waals surface area contributed by atoms with Crippen LogP contribution in [0.2, 0.25) is 0 Å². The third-order valence-electron chi connectivity index (χ3n) is 6.10. The van der Waals surface area contributed by atoms with Gasteiger partial charge >= 0.3 is 11.9 Å². The normalized spacial score (nSPS) is 11.4. The van der Waals surface area contributed by atoms with Crippen LogP contribution in [0.3, 0.4) is 0 Å². The highest BCUT2D eigenvalue weighted by atomic mass is 16.6. The van der Waals surface area contributed by atoms with Crippen LogP contribution in [0.4, 0.5) is 0 Å². The van der Waals surface area contributed by atoms with Gasteiger partial charge in [-0.15, -0.1) is 0 Å². The molecule has 2 aromatic rings. The van der Waals surface area contributed by atoms with Crippen molar-refractivity contribution in [2.75, 3.05) is 52.9 Å². The number of benzene rings is 2. The summed E-state index contributed by atoms with van der Waals surface area (Å²) in [6.45, 7) is 10.7. The molecular formula is C34H48O9. The molecule has 9 nitrogen and oxygen atoms in total. The van der Waals surface area contributed by atoms with Crippen molar-refractivity contribution in [1.29, 1.82) is 0 Å². The monoisotopic (exact) mass is 600 g/mol. The van der Waals surface area contributed by atoms with Crippen molar-refractivity contribution >= 4 is 11.9 Å². The summed E-state index contributed by atoms with van der Waals surface area (Å²) in [5, 5.41) is 0. The van der Waals surface area contributed by atoms with Crippen molar-refractivity contribution in [1.82, 2.24) is 0 Å². The van der Waals surface area contributed by atoms with Gasteiger partial charge in [0.15, 0.2) is 6.10 Å². The molecule has 0 saturated heterocycles. The summed E-state index contributed by atoms with van der Waals surface area (Å²) in [4.78, 5) is 23.9. The number of unbranched alkanes of at least 4 members (excludes halogenated alkanes) is 4. The molecule has 0 aliphatic rings. The molecule has 0 amide bonds. The lowest BCUT2D eigenvalue weighted by molar-refractivity contribution is -0.154.